The zero-order valence-electron chi connectivity index (χ0n) is 15.5. The fourth-order valence-electron chi connectivity index (χ4n) is 2.50. The van der Waals surface area contributed by atoms with Crippen molar-refractivity contribution >= 4 is 18.2 Å². The lowest BCUT2D eigenvalue weighted by molar-refractivity contribution is -0.126. The molecular formula is C18H30N6O2. The summed E-state index contributed by atoms with van der Waals surface area (Å²) in [6, 6.07) is 2.87. The number of rotatable bonds is 12. The van der Waals surface area contributed by atoms with Crippen LogP contribution in [0.4, 0.5) is 0 Å². The summed E-state index contributed by atoms with van der Waals surface area (Å²) in [7, 11) is 0. The first-order chi connectivity index (χ1) is 12.4. The number of aldehydes is 1. The Labute approximate surface area is 154 Å². The number of hydrogen-bond donors (Lipinski definition) is 5. The number of pyridine rings is 1. The summed E-state index contributed by atoms with van der Waals surface area (Å²) in [4.78, 5) is 27.9. The fraction of sp³-hybridized carbons (Fsp3) is 0.556. The molecule has 1 amide bonds. The lowest BCUT2D eigenvalue weighted by atomic mass is 10.0. The van der Waals surface area contributed by atoms with Gasteiger partial charge in [-0.3, -0.25) is 15.2 Å². The zero-order valence-corrected chi connectivity index (χ0v) is 15.5. The minimum Gasteiger partial charge on any atom is -0.370 e. The summed E-state index contributed by atoms with van der Waals surface area (Å²) < 4.78 is 0. The lowest BCUT2D eigenvalue weighted by Crippen LogP contribution is -2.48. The van der Waals surface area contributed by atoms with E-state index in [1.54, 1.807) is 12.4 Å². The van der Waals surface area contributed by atoms with Crippen LogP contribution >= 0.6 is 0 Å². The van der Waals surface area contributed by atoms with Crippen molar-refractivity contribution < 1.29 is 9.59 Å². The Kier molecular flexibility index (Phi) is 9.93. The predicted octanol–water partition coefficient (Wildman–Crippen LogP) is 0.533. The van der Waals surface area contributed by atoms with Gasteiger partial charge in [0.2, 0.25) is 5.91 Å². The molecule has 0 spiro atoms. The highest BCUT2D eigenvalue weighted by Crippen LogP contribution is 2.07. The summed E-state index contributed by atoms with van der Waals surface area (Å²) in [5, 5.41) is 15.8. The van der Waals surface area contributed by atoms with E-state index in [2.05, 4.69) is 34.8 Å². The third-order valence-corrected chi connectivity index (χ3v) is 3.80. The second-order valence-corrected chi connectivity index (χ2v) is 6.66. The zero-order chi connectivity index (χ0) is 19.4. The Bertz CT molecular complexity index is 564. The minimum atomic E-state index is -0.550. The van der Waals surface area contributed by atoms with E-state index in [-0.39, 0.29) is 17.9 Å². The van der Waals surface area contributed by atoms with Gasteiger partial charge in [-0.05, 0) is 36.8 Å². The lowest BCUT2D eigenvalue weighted by Gasteiger charge is -2.22. The number of nitrogens with two attached hydrogens (primary N) is 1. The van der Waals surface area contributed by atoms with Crippen LogP contribution in [-0.4, -0.2) is 41.8 Å². The molecule has 1 aromatic heterocycles. The topological polar surface area (TPSA) is 133 Å². The van der Waals surface area contributed by atoms with E-state index in [1.807, 2.05) is 12.1 Å². The molecule has 2 atom stereocenters. The number of carbonyl (C=O) groups is 2. The van der Waals surface area contributed by atoms with Crippen LogP contribution < -0.4 is 21.7 Å². The first kappa shape index (κ1) is 21.6. The molecule has 0 saturated carbocycles. The summed E-state index contributed by atoms with van der Waals surface area (Å²) in [5.74, 6) is 0.0501. The Balaban J connectivity index is 2.54. The molecule has 0 radical (unpaired) electrons. The number of guanidine groups is 1. The van der Waals surface area contributed by atoms with Crippen molar-refractivity contribution in [3.63, 3.8) is 0 Å². The van der Waals surface area contributed by atoms with Crippen molar-refractivity contribution in [1.29, 1.82) is 5.41 Å². The third kappa shape index (κ3) is 9.12. The second kappa shape index (κ2) is 12.0. The molecule has 0 aliphatic carbocycles. The maximum Gasteiger partial charge on any atom is 0.237 e. The molecule has 0 aromatic carbocycles. The average molecular weight is 362 g/mol. The van der Waals surface area contributed by atoms with Crippen LogP contribution in [0.2, 0.25) is 0 Å². The SMILES string of the molecule is CC(C)C[C@H](NCc1cccnc1)C(=O)N[C@H](C=O)CCCNC(=N)N. The van der Waals surface area contributed by atoms with E-state index in [0.29, 0.717) is 38.3 Å². The van der Waals surface area contributed by atoms with Crippen LogP contribution in [0, 0.1) is 11.3 Å². The van der Waals surface area contributed by atoms with Crippen LogP contribution in [0.1, 0.15) is 38.7 Å². The molecule has 0 aliphatic heterocycles. The molecular weight excluding hydrogens is 332 g/mol. The monoisotopic (exact) mass is 362 g/mol. The first-order valence-electron chi connectivity index (χ1n) is 8.88. The van der Waals surface area contributed by atoms with Gasteiger partial charge in [0, 0.05) is 25.5 Å². The van der Waals surface area contributed by atoms with Gasteiger partial charge in [0.25, 0.3) is 0 Å². The molecule has 8 heteroatoms. The Hall–Kier alpha value is -2.48. The minimum absolute atomic E-state index is 0.103. The molecule has 0 saturated heterocycles. The van der Waals surface area contributed by atoms with Crippen molar-refractivity contribution in [1.82, 2.24) is 20.9 Å². The van der Waals surface area contributed by atoms with Crippen LogP contribution in [0.15, 0.2) is 24.5 Å². The summed E-state index contributed by atoms with van der Waals surface area (Å²) in [6.45, 7) is 5.13. The Morgan fingerprint density at radius 3 is 2.77 bits per heavy atom. The van der Waals surface area contributed by atoms with Gasteiger partial charge in [-0.1, -0.05) is 19.9 Å². The van der Waals surface area contributed by atoms with E-state index in [0.717, 1.165) is 11.8 Å². The molecule has 1 rings (SSSR count). The van der Waals surface area contributed by atoms with E-state index < -0.39 is 6.04 Å². The average Bonchev–Trinajstić information content (AvgIpc) is 2.61. The van der Waals surface area contributed by atoms with Gasteiger partial charge < -0.3 is 26.5 Å². The highest BCUT2D eigenvalue weighted by Gasteiger charge is 2.22. The van der Waals surface area contributed by atoms with Gasteiger partial charge in [-0.2, -0.15) is 0 Å². The maximum atomic E-state index is 12.6. The summed E-state index contributed by atoms with van der Waals surface area (Å²) in [6.07, 6.45) is 6.00. The van der Waals surface area contributed by atoms with Crippen molar-refractivity contribution in [3.8, 4) is 0 Å². The fourth-order valence-corrected chi connectivity index (χ4v) is 2.50. The van der Waals surface area contributed by atoms with Crippen LogP contribution in [-0.2, 0) is 16.1 Å². The molecule has 6 N–H and O–H groups in total. The Morgan fingerprint density at radius 1 is 1.42 bits per heavy atom. The normalized spacial score (nSPS) is 13.0. The molecule has 8 nitrogen and oxygen atoms in total. The van der Waals surface area contributed by atoms with Gasteiger partial charge in [0.05, 0.1) is 12.1 Å². The predicted molar refractivity (Wildman–Crippen MR) is 101 cm³/mol. The van der Waals surface area contributed by atoms with Gasteiger partial charge in [-0.15, -0.1) is 0 Å². The number of nitrogens with one attached hydrogen (secondary N) is 4. The molecule has 0 fully saturated rings. The van der Waals surface area contributed by atoms with E-state index in [9.17, 15) is 9.59 Å². The van der Waals surface area contributed by atoms with E-state index in [4.69, 9.17) is 11.1 Å². The van der Waals surface area contributed by atoms with Crippen LogP contribution in [0.3, 0.4) is 0 Å². The van der Waals surface area contributed by atoms with Crippen LogP contribution in [0.5, 0.6) is 0 Å². The third-order valence-electron chi connectivity index (χ3n) is 3.80. The van der Waals surface area contributed by atoms with Gasteiger partial charge >= 0.3 is 0 Å². The maximum absolute atomic E-state index is 12.6. The molecule has 0 bridgehead atoms. The molecule has 1 aromatic rings. The Morgan fingerprint density at radius 2 is 2.19 bits per heavy atom. The van der Waals surface area contributed by atoms with Crippen molar-refractivity contribution in [2.45, 2.75) is 51.7 Å². The molecule has 0 aliphatic rings. The quantitative estimate of drug-likeness (QED) is 0.159. The van der Waals surface area contributed by atoms with Gasteiger partial charge in [0.15, 0.2) is 5.96 Å². The van der Waals surface area contributed by atoms with Crippen molar-refractivity contribution in [2.24, 2.45) is 11.7 Å². The molecule has 1 heterocycles. The number of carbonyl (C=O) groups excluding carboxylic acids is 2. The molecule has 144 valence electrons. The number of aromatic nitrogens is 1. The molecule has 26 heavy (non-hydrogen) atoms. The number of hydrogen-bond acceptors (Lipinski definition) is 5. The number of nitrogens with zero attached hydrogens (tertiary/aromatic N) is 1. The summed E-state index contributed by atoms with van der Waals surface area (Å²) >= 11 is 0. The number of amides is 1. The van der Waals surface area contributed by atoms with Gasteiger partial charge in [-0.25, -0.2) is 0 Å². The highest BCUT2D eigenvalue weighted by atomic mass is 16.2. The van der Waals surface area contributed by atoms with Gasteiger partial charge in [0.1, 0.15) is 6.29 Å². The first-order valence-corrected chi connectivity index (χ1v) is 8.88. The van der Waals surface area contributed by atoms with Crippen LogP contribution in [0.25, 0.3) is 0 Å². The smallest absolute Gasteiger partial charge is 0.237 e. The van der Waals surface area contributed by atoms with E-state index >= 15 is 0 Å². The van der Waals surface area contributed by atoms with Crippen molar-refractivity contribution in [2.75, 3.05) is 6.54 Å². The summed E-state index contributed by atoms with van der Waals surface area (Å²) in [5.41, 5.74) is 6.21. The standard InChI is InChI=1S/C18H30N6O2/c1-13(2)9-16(23-11-14-5-3-7-21-10-14)17(26)24-15(12-25)6-4-8-22-18(19)20/h3,5,7,10,12-13,15-16,23H,4,6,8-9,11H2,1-2H3,(H,24,26)(H4,19,20,22)/t15-,16-/m0/s1. The highest BCUT2D eigenvalue weighted by molar-refractivity contribution is 5.84. The van der Waals surface area contributed by atoms with Crippen molar-refractivity contribution in [3.05, 3.63) is 30.1 Å². The largest absolute Gasteiger partial charge is 0.370 e. The van der Waals surface area contributed by atoms with E-state index in [1.165, 1.54) is 0 Å². The molecule has 0 unspecified atom stereocenters. The second-order valence-electron chi connectivity index (χ2n) is 6.66.